The van der Waals surface area contributed by atoms with Gasteiger partial charge in [-0.25, -0.2) is 9.97 Å². The first kappa shape index (κ1) is 15.0. The highest BCUT2D eigenvalue weighted by atomic mass is 15.3. The summed E-state index contributed by atoms with van der Waals surface area (Å²) in [5.74, 6) is 2.07. The molecule has 0 aliphatic carbocycles. The molecule has 0 amide bonds. The van der Waals surface area contributed by atoms with E-state index in [9.17, 15) is 0 Å². The van der Waals surface area contributed by atoms with Crippen LogP contribution in [-0.2, 0) is 6.42 Å². The summed E-state index contributed by atoms with van der Waals surface area (Å²) in [5.41, 5.74) is 1.23. The van der Waals surface area contributed by atoms with Gasteiger partial charge < -0.3 is 10.2 Å². The van der Waals surface area contributed by atoms with E-state index in [1.54, 1.807) is 6.33 Å². The Morgan fingerprint density at radius 1 is 1.30 bits per heavy atom. The molecule has 1 aliphatic rings. The maximum atomic E-state index is 4.54. The fraction of sp³-hybridized carbons (Fsp3) is 0.733. The van der Waals surface area contributed by atoms with Gasteiger partial charge in [0.25, 0.3) is 0 Å². The van der Waals surface area contributed by atoms with Crippen molar-refractivity contribution in [3.05, 3.63) is 11.9 Å². The summed E-state index contributed by atoms with van der Waals surface area (Å²) < 4.78 is 0. The van der Waals surface area contributed by atoms with Gasteiger partial charge in [0.15, 0.2) is 0 Å². The van der Waals surface area contributed by atoms with Crippen LogP contribution in [0.5, 0.6) is 0 Å². The predicted molar refractivity (Wildman–Crippen MR) is 84.5 cm³/mol. The van der Waals surface area contributed by atoms with Crippen molar-refractivity contribution < 1.29 is 0 Å². The monoisotopic (exact) mass is 277 g/mol. The lowest BCUT2D eigenvalue weighted by molar-refractivity contribution is 0.232. The average molecular weight is 277 g/mol. The van der Waals surface area contributed by atoms with Gasteiger partial charge in [-0.3, -0.25) is 4.90 Å². The highest BCUT2D eigenvalue weighted by Crippen LogP contribution is 2.28. The topological polar surface area (TPSA) is 44.3 Å². The summed E-state index contributed by atoms with van der Waals surface area (Å²) in [6.45, 7) is 11.1. The fourth-order valence-electron chi connectivity index (χ4n) is 3.19. The van der Waals surface area contributed by atoms with Crippen molar-refractivity contribution in [2.24, 2.45) is 0 Å². The van der Waals surface area contributed by atoms with Crippen LogP contribution in [0.15, 0.2) is 6.33 Å². The molecule has 5 nitrogen and oxygen atoms in total. The van der Waals surface area contributed by atoms with Crippen LogP contribution < -0.4 is 10.2 Å². The number of aromatic nitrogens is 2. The molecule has 1 aromatic rings. The quantitative estimate of drug-likeness (QED) is 0.861. The second-order valence-corrected chi connectivity index (χ2v) is 5.24. The van der Waals surface area contributed by atoms with Gasteiger partial charge in [-0.05, 0) is 25.9 Å². The van der Waals surface area contributed by atoms with E-state index in [-0.39, 0.29) is 0 Å². The molecule has 0 spiro atoms. The van der Waals surface area contributed by atoms with Crippen LogP contribution in [0.2, 0.25) is 0 Å². The van der Waals surface area contributed by atoms with Gasteiger partial charge in [0.05, 0.1) is 0 Å². The smallest absolute Gasteiger partial charge is 0.137 e. The molecule has 0 saturated carbocycles. The van der Waals surface area contributed by atoms with Crippen LogP contribution in [-0.4, -0.2) is 54.1 Å². The third-order valence-corrected chi connectivity index (χ3v) is 4.30. The first-order chi connectivity index (χ1) is 9.74. The molecular formula is C15H27N5. The molecule has 1 saturated heterocycles. The average Bonchev–Trinajstić information content (AvgIpc) is 2.97. The van der Waals surface area contributed by atoms with Crippen LogP contribution in [0.25, 0.3) is 0 Å². The number of hydrogen-bond acceptors (Lipinski definition) is 5. The fourth-order valence-corrected chi connectivity index (χ4v) is 3.19. The molecule has 2 rings (SSSR count). The SMILES string of the molecule is CCc1c(NC)ncnc1N1CCC(N(CC)CC)C1. The van der Waals surface area contributed by atoms with Crippen molar-refractivity contribution >= 4 is 11.6 Å². The third kappa shape index (κ3) is 2.87. The van der Waals surface area contributed by atoms with Crippen molar-refractivity contribution in [2.45, 2.75) is 39.7 Å². The number of rotatable bonds is 6. The molecular weight excluding hydrogens is 250 g/mol. The van der Waals surface area contributed by atoms with Crippen molar-refractivity contribution in [3.63, 3.8) is 0 Å². The van der Waals surface area contributed by atoms with E-state index in [2.05, 4.69) is 45.9 Å². The van der Waals surface area contributed by atoms with Crippen molar-refractivity contribution in [3.8, 4) is 0 Å². The second kappa shape index (κ2) is 6.88. The van der Waals surface area contributed by atoms with E-state index in [1.165, 1.54) is 12.0 Å². The predicted octanol–water partition coefficient (Wildman–Crippen LogP) is 2.00. The van der Waals surface area contributed by atoms with Gasteiger partial charge in [-0.1, -0.05) is 20.8 Å². The Morgan fingerprint density at radius 3 is 2.65 bits per heavy atom. The van der Waals surface area contributed by atoms with Crippen LogP contribution in [0.1, 0.15) is 32.8 Å². The zero-order valence-electron chi connectivity index (χ0n) is 13.2. The molecule has 112 valence electrons. The first-order valence-electron chi connectivity index (χ1n) is 7.75. The maximum absolute atomic E-state index is 4.54. The number of anilines is 2. The molecule has 1 fully saturated rings. The summed E-state index contributed by atoms with van der Waals surface area (Å²) in [6.07, 6.45) is 3.85. The number of likely N-dealkylation sites (N-methyl/N-ethyl adjacent to an activating group) is 1. The largest absolute Gasteiger partial charge is 0.373 e. The minimum atomic E-state index is 0.655. The zero-order valence-corrected chi connectivity index (χ0v) is 13.2. The molecule has 0 radical (unpaired) electrons. The van der Waals surface area contributed by atoms with Gasteiger partial charge in [-0.2, -0.15) is 0 Å². The van der Waals surface area contributed by atoms with Crippen molar-refractivity contribution in [2.75, 3.05) is 43.4 Å². The highest BCUT2D eigenvalue weighted by Gasteiger charge is 2.28. The normalized spacial score (nSPS) is 18.9. The van der Waals surface area contributed by atoms with E-state index in [1.807, 2.05) is 7.05 Å². The lowest BCUT2D eigenvalue weighted by Gasteiger charge is -2.27. The molecule has 20 heavy (non-hydrogen) atoms. The van der Waals surface area contributed by atoms with E-state index in [0.29, 0.717) is 6.04 Å². The first-order valence-corrected chi connectivity index (χ1v) is 7.75. The Bertz CT molecular complexity index is 430. The number of nitrogens with one attached hydrogen (secondary N) is 1. The molecule has 1 aromatic heterocycles. The molecule has 1 aliphatic heterocycles. The molecule has 1 N–H and O–H groups in total. The lowest BCUT2D eigenvalue weighted by atomic mass is 10.2. The van der Waals surface area contributed by atoms with Gasteiger partial charge in [-0.15, -0.1) is 0 Å². The lowest BCUT2D eigenvalue weighted by Crippen LogP contribution is -2.37. The van der Waals surface area contributed by atoms with Crippen LogP contribution in [0.3, 0.4) is 0 Å². The molecule has 0 aromatic carbocycles. The summed E-state index contributed by atoms with van der Waals surface area (Å²) in [5, 5.41) is 3.18. The molecule has 0 bridgehead atoms. The Balaban J connectivity index is 2.17. The van der Waals surface area contributed by atoms with Crippen LogP contribution >= 0.6 is 0 Å². The Hall–Kier alpha value is -1.36. The highest BCUT2D eigenvalue weighted by molar-refractivity contribution is 5.59. The van der Waals surface area contributed by atoms with Gasteiger partial charge in [0, 0.05) is 31.7 Å². The Labute approximate surface area is 122 Å². The van der Waals surface area contributed by atoms with Crippen molar-refractivity contribution in [1.29, 1.82) is 0 Å². The van der Waals surface area contributed by atoms with Crippen LogP contribution in [0.4, 0.5) is 11.6 Å². The summed E-state index contributed by atoms with van der Waals surface area (Å²) >= 11 is 0. The molecule has 2 heterocycles. The van der Waals surface area contributed by atoms with E-state index >= 15 is 0 Å². The summed E-state index contributed by atoms with van der Waals surface area (Å²) in [4.78, 5) is 13.8. The minimum absolute atomic E-state index is 0.655. The zero-order chi connectivity index (χ0) is 14.5. The molecule has 5 heteroatoms. The number of hydrogen-bond donors (Lipinski definition) is 1. The van der Waals surface area contributed by atoms with Crippen molar-refractivity contribution in [1.82, 2.24) is 14.9 Å². The molecule has 1 unspecified atom stereocenters. The standard InChI is InChI=1S/C15H27N5/c1-5-13-14(16-4)17-11-18-15(13)20-9-8-12(10-20)19(6-2)7-3/h11-12H,5-10H2,1-4H3,(H,16,17,18). The van der Waals surface area contributed by atoms with Gasteiger partial charge in [0.2, 0.25) is 0 Å². The number of nitrogens with zero attached hydrogens (tertiary/aromatic N) is 4. The Morgan fingerprint density at radius 2 is 2.05 bits per heavy atom. The van der Waals surface area contributed by atoms with Gasteiger partial charge in [0.1, 0.15) is 18.0 Å². The van der Waals surface area contributed by atoms with E-state index < -0.39 is 0 Å². The van der Waals surface area contributed by atoms with Crippen LogP contribution in [0, 0.1) is 0 Å². The maximum Gasteiger partial charge on any atom is 0.137 e. The third-order valence-electron chi connectivity index (χ3n) is 4.30. The van der Waals surface area contributed by atoms with E-state index in [4.69, 9.17) is 0 Å². The van der Waals surface area contributed by atoms with Gasteiger partial charge >= 0.3 is 0 Å². The second-order valence-electron chi connectivity index (χ2n) is 5.24. The molecule has 1 atom stereocenters. The Kier molecular flexibility index (Phi) is 5.17. The summed E-state index contributed by atoms with van der Waals surface area (Å²) in [7, 11) is 1.92. The van der Waals surface area contributed by atoms with E-state index in [0.717, 1.165) is 44.2 Å². The minimum Gasteiger partial charge on any atom is -0.373 e. The summed E-state index contributed by atoms with van der Waals surface area (Å²) in [6, 6.07) is 0.655.